The average Bonchev–Trinajstić information content (AvgIpc) is 2.68. The lowest BCUT2D eigenvalue weighted by Gasteiger charge is -2.01. The SMILES string of the molecule is COC(=O)c1ccc(-c2nc(N)sc2Cl)cc1. The number of rotatable bonds is 2. The van der Waals surface area contributed by atoms with Gasteiger partial charge in [0.2, 0.25) is 0 Å². The summed E-state index contributed by atoms with van der Waals surface area (Å²) in [7, 11) is 1.34. The molecular weight excluding hydrogens is 260 g/mol. The molecule has 88 valence electrons. The molecule has 0 radical (unpaired) electrons. The molecule has 0 saturated carbocycles. The minimum absolute atomic E-state index is 0.375. The van der Waals surface area contributed by atoms with Crippen LogP contribution in [0.2, 0.25) is 4.34 Å². The highest BCUT2D eigenvalue weighted by Crippen LogP contribution is 2.33. The number of thiazole rings is 1. The first-order valence-corrected chi connectivity index (χ1v) is 5.92. The maximum atomic E-state index is 11.3. The number of esters is 1. The van der Waals surface area contributed by atoms with Crippen LogP contribution in [0.3, 0.4) is 0 Å². The Kier molecular flexibility index (Phi) is 3.31. The average molecular weight is 269 g/mol. The van der Waals surface area contributed by atoms with Gasteiger partial charge in [0.05, 0.1) is 12.7 Å². The number of halogens is 1. The molecule has 1 heterocycles. The molecule has 2 rings (SSSR count). The quantitative estimate of drug-likeness (QED) is 0.851. The number of carbonyl (C=O) groups is 1. The first kappa shape index (κ1) is 11.9. The van der Waals surface area contributed by atoms with Gasteiger partial charge in [0.15, 0.2) is 5.13 Å². The van der Waals surface area contributed by atoms with Crippen molar-refractivity contribution in [3.63, 3.8) is 0 Å². The van der Waals surface area contributed by atoms with Crippen molar-refractivity contribution in [2.24, 2.45) is 0 Å². The van der Waals surface area contributed by atoms with Crippen LogP contribution in [0.1, 0.15) is 10.4 Å². The van der Waals surface area contributed by atoms with Crippen LogP contribution in [0.15, 0.2) is 24.3 Å². The molecule has 17 heavy (non-hydrogen) atoms. The Morgan fingerprint density at radius 1 is 1.41 bits per heavy atom. The Morgan fingerprint density at radius 2 is 2.06 bits per heavy atom. The Balaban J connectivity index is 2.35. The maximum Gasteiger partial charge on any atom is 0.337 e. The third-order valence-corrected chi connectivity index (χ3v) is 3.27. The largest absolute Gasteiger partial charge is 0.465 e. The Bertz CT molecular complexity index is 551. The Hall–Kier alpha value is -1.59. The molecule has 1 aromatic carbocycles. The number of anilines is 1. The number of hydrogen-bond acceptors (Lipinski definition) is 5. The van der Waals surface area contributed by atoms with Gasteiger partial charge >= 0.3 is 5.97 Å². The van der Waals surface area contributed by atoms with Gasteiger partial charge in [0.25, 0.3) is 0 Å². The third kappa shape index (κ3) is 2.40. The summed E-state index contributed by atoms with van der Waals surface area (Å²) in [6, 6.07) is 6.83. The van der Waals surface area contributed by atoms with Crippen molar-refractivity contribution in [3.8, 4) is 11.3 Å². The number of hydrogen-bond donors (Lipinski definition) is 1. The first-order valence-electron chi connectivity index (χ1n) is 4.72. The lowest BCUT2D eigenvalue weighted by Crippen LogP contribution is -2.00. The zero-order valence-electron chi connectivity index (χ0n) is 8.94. The zero-order valence-corrected chi connectivity index (χ0v) is 10.5. The molecule has 0 spiro atoms. The molecule has 0 fully saturated rings. The summed E-state index contributed by atoms with van der Waals surface area (Å²) >= 11 is 7.21. The van der Waals surface area contributed by atoms with Gasteiger partial charge < -0.3 is 10.5 Å². The number of nitrogens with two attached hydrogens (primary N) is 1. The third-order valence-electron chi connectivity index (χ3n) is 2.18. The summed E-state index contributed by atoms with van der Waals surface area (Å²) in [6.45, 7) is 0. The number of aromatic nitrogens is 1. The Labute approximate surface area is 107 Å². The Morgan fingerprint density at radius 3 is 2.53 bits per heavy atom. The zero-order chi connectivity index (χ0) is 12.4. The van der Waals surface area contributed by atoms with Crippen molar-refractivity contribution in [1.29, 1.82) is 0 Å². The van der Waals surface area contributed by atoms with E-state index in [9.17, 15) is 4.79 Å². The summed E-state index contributed by atoms with van der Waals surface area (Å²) in [5, 5.41) is 0.419. The molecule has 0 unspecified atom stereocenters. The smallest absolute Gasteiger partial charge is 0.337 e. The van der Waals surface area contributed by atoms with Crippen LogP contribution in [0.5, 0.6) is 0 Å². The maximum absolute atomic E-state index is 11.3. The monoisotopic (exact) mass is 268 g/mol. The number of nitrogen functional groups attached to an aromatic ring is 1. The van der Waals surface area contributed by atoms with Crippen LogP contribution < -0.4 is 5.73 Å². The summed E-state index contributed by atoms with van der Waals surface area (Å²) in [6.07, 6.45) is 0. The molecule has 0 aliphatic carbocycles. The number of ether oxygens (including phenoxy) is 1. The normalized spacial score (nSPS) is 10.2. The van der Waals surface area contributed by atoms with Crippen molar-refractivity contribution < 1.29 is 9.53 Å². The topological polar surface area (TPSA) is 65.2 Å². The standard InChI is InChI=1S/C11H9ClN2O2S/c1-16-10(15)7-4-2-6(3-5-7)8-9(12)17-11(13)14-8/h2-5H,1H3,(H2,13,14). The molecule has 6 heteroatoms. The lowest BCUT2D eigenvalue weighted by molar-refractivity contribution is 0.0601. The highest BCUT2D eigenvalue weighted by molar-refractivity contribution is 7.19. The minimum atomic E-state index is -0.375. The van der Waals surface area contributed by atoms with Crippen LogP contribution in [0.4, 0.5) is 5.13 Å². The van der Waals surface area contributed by atoms with Crippen molar-refractivity contribution in [2.45, 2.75) is 0 Å². The van der Waals surface area contributed by atoms with Crippen LogP contribution in [0, 0.1) is 0 Å². The van der Waals surface area contributed by atoms with E-state index in [0.29, 0.717) is 20.7 Å². The van der Waals surface area contributed by atoms with Gasteiger partial charge in [-0.15, -0.1) is 0 Å². The van der Waals surface area contributed by atoms with E-state index >= 15 is 0 Å². The van der Waals surface area contributed by atoms with E-state index in [1.165, 1.54) is 18.4 Å². The van der Waals surface area contributed by atoms with E-state index in [1.807, 2.05) is 0 Å². The molecule has 2 N–H and O–H groups in total. The highest BCUT2D eigenvalue weighted by atomic mass is 35.5. The molecule has 0 saturated heterocycles. The van der Waals surface area contributed by atoms with Gasteiger partial charge in [-0.05, 0) is 12.1 Å². The molecule has 0 amide bonds. The number of benzene rings is 1. The van der Waals surface area contributed by atoms with Gasteiger partial charge in [-0.25, -0.2) is 9.78 Å². The van der Waals surface area contributed by atoms with Crippen LogP contribution >= 0.6 is 22.9 Å². The van der Waals surface area contributed by atoms with Crippen molar-refractivity contribution in [3.05, 3.63) is 34.2 Å². The van der Waals surface area contributed by atoms with Crippen LogP contribution in [0.25, 0.3) is 11.3 Å². The van der Waals surface area contributed by atoms with Crippen molar-refractivity contribution in [1.82, 2.24) is 4.98 Å². The second kappa shape index (κ2) is 4.73. The minimum Gasteiger partial charge on any atom is -0.465 e. The predicted octanol–water partition coefficient (Wildman–Crippen LogP) is 2.83. The van der Waals surface area contributed by atoms with Gasteiger partial charge in [-0.2, -0.15) is 0 Å². The molecular formula is C11H9ClN2O2S. The number of methoxy groups -OCH3 is 1. The van der Waals surface area contributed by atoms with Crippen molar-refractivity contribution in [2.75, 3.05) is 12.8 Å². The number of carbonyl (C=O) groups excluding carboxylic acids is 1. The summed E-state index contributed by atoms with van der Waals surface area (Å²) < 4.78 is 5.15. The second-order valence-corrected chi connectivity index (χ2v) is 4.88. The fourth-order valence-corrected chi connectivity index (χ4v) is 2.35. The summed E-state index contributed by atoms with van der Waals surface area (Å²) in [4.78, 5) is 15.4. The molecule has 0 aliphatic heterocycles. The van der Waals surface area contributed by atoms with E-state index in [0.717, 1.165) is 5.56 Å². The summed E-state index contributed by atoms with van der Waals surface area (Å²) in [5.41, 5.74) is 7.49. The van der Waals surface area contributed by atoms with Crippen LogP contribution in [-0.4, -0.2) is 18.1 Å². The van der Waals surface area contributed by atoms with Crippen LogP contribution in [-0.2, 0) is 4.74 Å². The lowest BCUT2D eigenvalue weighted by atomic mass is 10.1. The van der Waals surface area contributed by atoms with E-state index < -0.39 is 0 Å². The van der Waals surface area contributed by atoms with E-state index in [1.54, 1.807) is 24.3 Å². The van der Waals surface area contributed by atoms with Crippen molar-refractivity contribution >= 4 is 34.0 Å². The molecule has 4 nitrogen and oxygen atoms in total. The predicted molar refractivity (Wildman–Crippen MR) is 68.3 cm³/mol. The van der Waals surface area contributed by atoms with E-state index in [-0.39, 0.29) is 5.97 Å². The van der Waals surface area contributed by atoms with E-state index in [4.69, 9.17) is 17.3 Å². The molecule has 0 bridgehead atoms. The van der Waals surface area contributed by atoms with Gasteiger partial charge in [0.1, 0.15) is 10.0 Å². The molecule has 2 aromatic rings. The fourth-order valence-electron chi connectivity index (χ4n) is 1.38. The van der Waals surface area contributed by atoms with E-state index in [2.05, 4.69) is 9.72 Å². The molecule has 0 aliphatic rings. The number of nitrogens with zero attached hydrogens (tertiary/aromatic N) is 1. The molecule has 0 atom stereocenters. The van der Waals surface area contributed by atoms with Gasteiger partial charge in [-0.3, -0.25) is 0 Å². The van der Waals surface area contributed by atoms with Gasteiger partial charge in [0, 0.05) is 5.56 Å². The second-order valence-electron chi connectivity index (χ2n) is 3.24. The highest BCUT2D eigenvalue weighted by Gasteiger charge is 2.11. The fraction of sp³-hybridized carbons (Fsp3) is 0.0909. The summed E-state index contributed by atoms with van der Waals surface area (Å²) in [5.74, 6) is -0.375. The van der Waals surface area contributed by atoms with Gasteiger partial charge in [-0.1, -0.05) is 35.1 Å². The molecule has 1 aromatic heterocycles. The first-order chi connectivity index (χ1) is 8.11.